The first-order valence-corrected chi connectivity index (χ1v) is 29.8. The van der Waals surface area contributed by atoms with E-state index in [0.717, 1.165) is 44.1 Å². The predicted molar refractivity (Wildman–Crippen MR) is 328 cm³/mol. The van der Waals surface area contributed by atoms with E-state index >= 15 is 0 Å². The molecular weight excluding hydrogens is 1080 g/mol. The van der Waals surface area contributed by atoms with Crippen molar-refractivity contribution in [3.05, 3.63) is 108 Å². The van der Waals surface area contributed by atoms with E-state index in [1.807, 2.05) is 107 Å². The average Bonchev–Trinajstić information content (AvgIpc) is 3.37. The third-order valence-electron chi connectivity index (χ3n) is 16.1. The normalized spacial score (nSPS) is 23.9. The Morgan fingerprint density at radius 2 is 1.45 bits per heavy atom. The van der Waals surface area contributed by atoms with Crippen molar-refractivity contribution in [2.24, 2.45) is 35.5 Å². The summed E-state index contributed by atoms with van der Waals surface area (Å²) in [5.41, 5.74) is 9.48. The van der Waals surface area contributed by atoms with Crippen LogP contribution >= 0.6 is 0 Å². The van der Waals surface area contributed by atoms with Gasteiger partial charge in [-0.15, -0.1) is 0 Å². The zero-order chi connectivity index (χ0) is 62.4. The summed E-state index contributed by atoms with van der Waals surface area (Å²) in [5, 5.41) is 18.3. The highest BCUT2D eigenvalue weighted by Crippen LogP contribution is 2.26. The number of rotatable bonds is 13. The molecule has 5 bridgehead atoms. The molecule has 4 unspecified atom stereocenters. The van der Waals surface area contributed by atoms with Crippen LogP contribution in [0.25, 0.3) is 33.7 Å². The standard InChI is InChI=1S/C34H47N5O5.C31H41N5O5/c1-9-12-21(5)22(6)34(43)44-30(20(3)4)32(41)37-24(8)33(42)39-16-11-13-29(38-39)31(40)36-23(7)25-14-15-26-19-35-28(10-2)18-27(26)17-25;1-17(2)27-29(38)34-21(6)30(39)36-13-7-8-26(35-36)28(37)33-20(5)22-10-11-23-16-32-25(15-24(23)14-22)12-9-18(3)19(4)31(40)41-27/h9-10,12,14-15,17-24,29-30,38H,2,11,13,16H2,1,3-8H3,(H,36,40)(H,37,41);9-12,14-21,26-27,35H,7-8,13H2,1-6H3,(H,33,37)(H,34,38)/b2*12-9+/t21?,22?,23-,24+,29+,30+;18?,19?,20-,21+,26+,27+/m11/s1. The van der Waals surface area contributed by atoms with Crippen molar-refractivity contribution in [1.29, 1.82) is 0 Å². The second kappa shape index (κ2) is 30.3. The molecule has 0 spiro atoms. The van der Waals surface area contributed by atoms with E-state index in [1.54, 1.807) is 73.9 Å². The SMILES string of the molecule is C=Cc1cc2cc([C@@H](C)NC(=O)[C@@H]3CCCN(C(=O)[C@H](C)NC(=O)[C@@H](OC(=O)C(C)C(C)/C=C/C)C(C)C)N3)ccc2cn1.CC1/C=C/c2cc3cc(ccc3cn2)[C@@H](C)NC(=O)[C@@H]2CCCN(N2)C(=O)[C@H](C)NC(=O)[C@H](C(C)C)OC(=O)C1C. The zero-order valence-electron chi connectivity index (χ0n) is 51.6. The Kier molecular flexibility index (Phi) is 23.6. The Labute approximate surface area is 500 Å². The number of hydrogen-bond donors (Lipinski definition) is 6. The van der Waals surface area contributed by atoms with E-state index in [1.165, 1.54) is 10.0 Å². The molecule has 5 heterocycles. The Bertz CT molecular complexity index is 3140. The van der Waals surface area contributed by atoms with Crippen molar-refractivity contribution in [1.82, 2.24) is 52.1 Å². The van der Waals surface area contributed by atoms with Crippen LogP contribution in [0.4, 0.5) is 0 Å². The largest absolute Gasteiger partial charge is 0.452 e. The molecule has 20 heteroatoms. The van der Waals surface area contributed by atoms with Crippen molar-refractivity contribution in [2.45, 2.75) is 164 Å². The molecular formula is C65H88N10O10. The molecule has 4 aromatic rings. The number of nitrogens with one attached hydrogen (secondary N) is 6. The van der Waals surface area contributed by atoms with Gasteiger partial charge >= 0.3 is 11.9 Å². The number of hydrogen-bond acceptors (Lipinski definition) is 14. The molecule has 12 atom stereocenters. The number of carbonyl (C=O) groups excluding carboxylic acids is 8. The Morgan fingerprint density at radius 1 is 0.776 bits per heavy atom. The first-order valence-electron chi connectivity index (χ1n) is 29.8. The lowest BCUT2D eigenvalue weighted by molar-refractivity contribution is -0.163. The van der Waals surface area contributed by atoms with Gasteiger partial charge in [-0.25, -0.2) is 10.9 Å². The number of cyclic esters (lactones) is 1. The van der Waals surface area contributed by atoms with E-state index in [2.05, 4.69) is 48.7 Å². The van der Waals surface area contributed by atoms with Gasteiger partial charge in [-0.1, -0.05) is 104 Å². The highest BCUT2D eigenvalue weighted by molar-refractivity contribution is 5.93. The molecule has 3 aliphatic rings. The molecule has 7 rings (SSSR count). The van der Waals surface area contributed by atoms with Crippen LogP contribution in [0, 0.1) is 35.5 Å². The summed E-state index contributed by atoms with van der Waals surface area (Å²) in [5.74, 6) is -4.97. The summed E-state index contributed by atoms with van der Waals surface area (Å²) in [6.45, 7) is 28.0. The Morgan fingerprint density at radius 3 is 2.13 bits per heavy atom. The van der Waals surface area contributed by atoms with Crippen LogP contribution in [0.15, 0.2) is 85.7 Å². The summed E-state index contributed by atoms with van der Waals surface area (Å²) >= 11 is 0. The van der Waals surface area contributed by atoms with E-state index in [4.69, 9.17) is 9.47 Å². The number of aromatic nitrogens is 2. The summed E-state index contributed by atoms with van der Waals surface area (Å²) in [4.78, 5) is 114. The third-order valence-corrected chi connectivity index (χ3v) is 16.1. The Hall–Kier alpha value is -7.84. The van der Waals surface area contributed by atoms with E-state index in [0.29, 0.717) is 38.8 Å². The van der Waals surface area contributed by atoms with Crippen molar-refractivity contribution in [2.75, 3.05) is 13.1 Å². The maximum absolute atomic E-state index is 13.3. The van der Waals surface area contributed by atoms with Gasteiger partial charge in [0.15, 0.2) is 12.2 Å². The van der Waals surface area contributed by atoms with Crippen molar-refractivity contribution < 1.29 is 47.8 Å². The summed E-state index contributed by atoms with van der Waals surface area (Å²) in [6, 6.07) is 12.3. The molecule has 6 amide bonds. The van der Waals surface area contributed by atoms with Crippen LogP contribution in [-0.4, -0.2) is 117 Å². The highest BCUT2D eigenvalue weighted by Gasteiger charge is 2.37. The predicted octanol–water partition coefficient (Wildman–Crippen LogP) is 7.75. The number of esters is 2. The molecule has 2 fully saturated rings. The molecule has 6 N–H and O–H groups in total. The quantitative estimate of drug-likeness (QED) is 0.0553. The third kappa shape index (κ3) is 17.6. The lowest BCUT2D eigenvalue weighted by Crippen LogP contribution is -2.61. The van der Waals surface area contributed by atoms with Crippen LogP contribution < -0.4 is 32.1 Å². The second-order valence-corrected chi connectivity index (χ2v) is 23.6. The first kappa shape index (κ1) is 66.3. The molecule has 458 valence electrons. The number of hydrazine groups is 2. The van der Waals surface area contributed by atoms with Gasteiger partial charge in [0.25, 0.3) is 23.6 Å². The van der Waals surface area contributed by atoms with Crippen molar-refractivity contribution >= 4 is 81.1 Å². The minimum absolute atomic E-state index is 0.0437. The lowest BCUT2D eigenvalue weighted by atomic mass is 9.95. The van der Waals surface area contributed by atoms with Crippen LogP contribution in [-0.2, 0) is 47.8 Å². The zero-order valence-corrected chi connectivity index (χ0v) is 51.6. The fourth-order valence-corrected chi connectivity index (χ4v) is 10.1. The van der Waals surface area contributed by atoms with Crippen LogP contribution in [0.1, 0.15) is 150 Å². The number of ether oxygens (including phenoxy) is 2. The van der Waals surface area contributed by atoms with Crippen molar-refractivity contribution in [3.63, 3.8) is 0 Å². The van der Waals surface area contributed by atoms with Gasteiger partial charge in [0, 0.05) is 36.3 Å². The second-order valence-electron chi connectivity index (χ2n) is 23.6. The summed E-state index contributed by atoms with van der Waals surface area (Å²) < 4.78 is 11.3. The lowest BCUT2D eigenvalue weighted by Gasteiger charge is -2.35. The van der Waals surface area contributed by atoms with Crippen molar-refractivity contribution in [3.8, 4) is 0 Å². The topological polar surface area (TPSA) is 259 Å². The number of amides is 6. The molecule has 2 saturated heterocycles. The van der Waals surface area contributed by atoms with Crippen LogP contribution in [0.3, 0.4) is 0 Å². The molecule has 85 heavy (non-hydrogen) atoms. The van der Waals surface area contributed by atoms with Gasteiger partial charge in [-0.3, -0.25) is 58.3 Å². The molecule has 2 aromatic carbocycles. The number of carbonyl (C=O) groups is 8. The number of pyridine rings is 2. The number of benzene rings is 2. The Balaban J connectivity index is 0.000000273. The number of fused-ring (bicyclic) bond motifs is 5. The molecule has 0 aliphatic carbocycles. The van der Waals surface area contributed by atoms with Gasteiger partial charge in [0.1, 0.15) is 24.2 Å². The smallest absolute Gasteiger partial charge is 0.310 e. The minimum Gasteiger partial charge on any atom is -0.452 e. The number of nitrogens with zero attached hydrogens (tertiary/aromatic N) is 4. The summed E-state index contributed by atoms with van der Waals surface area (Å²) in [7, 11) is 0. The molecule has 3 aliphatic heterocycles. The molecule has 20 nitrogen and oxygen atoms in total. The van der Waals surface area contributed by atoms with E-state index in [-0.39, 0.29) is 59.4 Å². The molecule has 0 saturated carbocycles. The fraction of sp³-hybridized carbons (Fsp3) is 0.508. The summed E-state index contributed by atoms with van der Waals surface area (Å²) in [6.07, 6.45) is 13.1. The maximum Gasteiger partial charge on any atom is 0.310 e. The number of allylic oxidation sites excluding steroid dienone is 3. The van der Waals surface area contributed by atoms with Gasteiger partial charge in [-0.2, -0.15) is 0 Å². The first-order chi connectivity index (χ1) is 40.3. The highest BCUT2D eigenvalue weighted by atomic mass is 16.6. The molecule has 0 radical (unpaired) electrons. The maximum atomic E-state index is 13.3. The fourth-order valence-electron chi connectivity index (χ4n) is 10.1. The van der Waals surface area contributed by atoms with Gasteiger partial charge < -0.3 is 30.7 Å². The molecule has 2 aromatic heterocycles. The van der Waals surface area contributed by atoms with Crippen LogP contribution in [0.5, 0.6) is 0 Å². The van der Waals surface area contributed by atoms with Gasteiger partial charge in [0.2, 0.25) is 11.8 Å². The van der Waals surface area contributed by atoms with E-state index < -0.39 is 72.0 Å². The van der Waals surface area contributed by atoms with Gasteiger partial charge in [-0.05, 0) is 142 Å². The minimum atomic E-state index is -1.06. The van der Waals surface area contributed by atoms with Gasteiger partial charge in [0.05, 0.1) is 35.3 Å². The monoisotopic (exact) mass is 1170 g/mol. The van der Waals surface area contributed by atoms with Crippen LogP contribution in [0.2, 0.25) is 0 Å². The average molecular weight is 1170 g/mol. The van der Waals surface area contributed by atoms with E-state index in [9.17, 15) is 38.4 Å².